The standard InChI is InChI=1S/C9H18N2O4/c1-5(13)10-3-6-8(14)9(15)7(4-12)11(6)2/h6-9,12,14-15H,3-4H2,1-2H3,(H,10,13)/t6-,7+,8?,9?/m0/s1. The summed E-state index contributed by atoms with van der Waals surface area (Å²) < 4.78 is 0. The summed E-state index contributed by atoms with van der Waals surface area (Å²) in [6.07, 6.45) is -1.92. The molecule has 1 aliphatic rings. The Hall–Kier alpha value is -0.690. The minimum Gasteiger partial charge on any atom is -0.395 e. The summed E-state index contributed by atoms with van der Waals surface area (Å²) in [6, 6.07) is -0.834. The van der Waals surface area contributed by atoms with Gasteiger partial charge >= 0.3 is 0 Å². The molecule has 0 radical (unpaired) electrons. The van der Waals surface area contributed by atoms with E-state index in [1.165, 1.54) is 6.92 Å². The zero-order valence-electron chi connectivity index (χ0n) is 8.92. The molecule has 4 N–H and O–H groups in total. The number of carbonyl (C=O) groups excluding carboxylic acids is 1. The number of rotatable bonds is 3. The van der Waals surface area contributed by atoms with Crippen molar-refractivity contribution in [3.05, 3.63) is 0 Å². The Kier molecular flexibility index (Phi) is 4.04. The Morgan fingerprint density at radius 1 is 1.33 bits per heavy atom. The Morgan fingerprint density at radius 3 is 2.27 bits per heavy atom. The van der Waals surface area contributed by atoms with Crippen LogP contribution in [0.4, 0.5) is 0 Å². The number of carbonyl (C=O) groups is 1. The second-order valence-electron chi connectivity index (χ2n) is 3.90. The van der Waals surface area contributed by atoms with Crippen molar-refractivity contribution in [1.29, 1.82) is 0 Å². The molecule has 0 aromatic heterocycles. The van der Waals surface area contributed by atoms with Crippen molar-refractivity contribution in [2.75, 3.05) is 20.2 Å². The highest BCUT2D eigenvalue weighted by Gasteiger charge is 2.45. The normalized spacial score (nSPS) is 36.9. The van der Waals surface area contributed by atoms with Crippen LogP contribution >= 0.6 is 0 Å². The molecule has 1 saturated heterocycles. The van der Waals surface area contributed by atoms with Crippen molar-refractivity contribution in [3.63, 3.8) is 0 Å². The number of nitrogens with one attached hydrogen (secondary N) is 1. The van der Waals surface area contributed by atoms with E-state index in [1.54, 1.807) is 11.9 Å². The first-order chi connectivity index (χ1) is 6.99. The molecule has 1 rings (SSSR count). The summed E-state index contributed by atoms with van der Waals surface area (Å²) >= 11 is 0. The zero-order valence-corrected chi connectivity index (χ0v) is 8.92. The minimum absolute atomic E-state index is 0.183. The lowest BCUT2D eigenvalue weighted by molar-refractivity contribution is -0.119. The summed E-state index contributed by atoms with van der Waals surface area (Å²) in [5.74, 6) is -0.183. The maximum absolute atomic E-state index is 10.7. The molecule has 1 fully saturated rings. The molecular formula is C9H18N2O4. The number of amides is 1. The summed E-state index contributed by atoms with van der Waals surface area (Å²) in [7, 11) is 1.70. The van der Waals surface area contributed by atoms with Gasteiger partial charge in [-0.1, -0.05) is 0 Å². The molecule has 0 bridgehead atoms. The van der Waals surface area contributed by atoms with Crippen LogP contribution in [0.3, 0.4) is 0 Å². The van der Waals surface area contributed by atoms with Gasteiger partial charge in [-0.2, -0.15) is 0 Å². The maximum Gasteiger partial charge on any atom is 0.216 e. The van der Waals surface area contributed by atoms with E-state index in [0.717, 1.165) is 0 Å². The largest absolute Gasteiger partial charge is 0.395 e. The second-order valence-corrected chi connectivity index (χ2v) is 3.90. The number of hydrogen-bond donors (Lipinski definition) is 4. The average Bonchev–Trinajstić information content (AvgIpc) is 2.36. The SMILES string of the molecule is CC(=O)NC[C@H]1C(O)C(O)[C@@H](CO)N1C. The van der Waals surface area contributed by atoms with Gasteiger partial charge in [-0.3, -0.25) is 9.69 Å². The smallest absolute Gasteiger partial charge is 0.216 e. The lowest BCUT2D eigenvalue weighted by atomic mass is 10.1. The summed E-state index contributed by atoms with van der Waals surface area (Å²) in [6.45, 7) is 1.44. The Labute approximate surface area is 88.5 Å². The molecule has 0 saturated carbocycles. The van der Waals surface area contributed by atoms with Crippen molar-refractivity contribution >= 4 is 5.91 Å². The molecule has 1 aliphatic heterocycles. The van der Waals surface area contributed by atoms with Crippen molar-refractivity contribution in [3.8, 4) is 0 Å². The van der Waals surface area contributed by atoms with Gasteiger partial charge in [0.1, 0.15) is 0 Å². The summed E-state index contributed by atoms with van der Waals surface area (Å²) in [5.41, 5.74) is 0. The van der Waals surface area contributed by atoms with Crippen molar-refractivity contribution in [2.45, 2.75) is 31.2 Å². The van der Waals surface area contributed by atoms with Crippen molar-refractivity contribution in [2.24, 2.45) is 0 Å². The van der Waals surface area contributed by atoms with Crippen LogP contribution < -0.4 is 5.32 Å². The number of nitrogens with zero attached hydrogens (tertiary/aromatic N) is 1. The number of aliphatic hydroxyl groups excluding tert-OH is 3. The highest BCUT2D eigenvalue weighted by molar-refractivity contribution is 5.72. The fraction of sp³-hybridized carbons (Fsp3) is 0.889. The second kappa shape index (κ2) is 4.89. The first kappa shape index (κ1) is 12.4. The van der Waals surface area contributed by atoms with Gasteiger partial charge in [0.15, 0.2) is 0 Å². The Balaban J connectivity index is 2.61. The highest BCUT2D eigenvalue weighted by Crippen LogP contribution is 2.22. The molecule has 15 heavy (non-hydrogen) atoms. The van der Waals surface area contributed by atoms with Gasteiger partial charge < -0.3 is 20.6 Å². The quantitative estimate of drug-likeness (QED) is 0.421. The molecule has 88 valence electrons. The van der Waals surface area contributed by atoms with Gasteiger partial charge in [0.25, 0.3) is 0 Å². The third-order valence-electron chi connectivity index (χ3n) is 2.93. The van der Waals surface area contributed by atoms with E-state index in [-0.39, 0.29) is 25.1 Å². The van der Waals surface area contributed by atoms with Gasteiger partial charge in [-0.25, -0.2) is 0 Å². The average molecular weight is 218 g/mol. The Morgan fingerprint density at radius 2 is 1.87 bits per heavy atom. The lowest BCUT2D eigenvalue weighted by Gasteiger charge is -2.24. The Bertz CT molecular complexity index is 236. The van der Waals surface area contributed by atoms with Crippen molar-refractivity contribution in [1.82, 2.24) is 10.2 Å². The number of aliphatic hydroxyl groups is 3. The zero-order chi connectivity index (χ0) is 11.6. The van der Waals surface area contributed by atoms with Gasteiger partial charge in [0.05, 0.1) is 30.9 Å². The van der Waals surface area contributed by atoms with Crippen molar-refractivity contribution < 1.29 is 20.1 Å². The van der Waals surface area contributed by atoms with E-state index < -0.39 is 18.2 Å². The van der Waals surface area contributed by atoms with Crippen LogP contribution in [0.25, 0.3) is 0 Å². The fourth-order valence-electron chi connectivity index (χ4n) is 1.93. The number of likely N-dealkylation sites (N-methyl/N-ethyl adjacent to an activating group) is 1. The first-order valence-electron chi connectivity index (χ1n) is 4.92. The van der Waals surface area contributed by atoms with Crippen LogP contribution in [0, 0.1) is 0 Å². The summed E-state index contributed by atoms with van der Waals surface area (Å²) in [4.78, 5) is 12.4. The molecule has 6 heteroatoms. The molecule has 0 aromatic carbocycles. The molecule has 2 unspecified atom stereocenters. The predicted octanol–water partition coefficient (Wildman–Crippen LogP) is -2.48. The van der Waals surface area contributed by atoms with E-state index in [2.05, 4.69) is 5.32 Å². The highest BCUT2D eigenvalue weighted by atomic mass is 16.3. The monoisotopic (exact) mass is 218 g/mol. The van der Waals surface area contributed by atoms with Gasteiger partial charge in [-0.05, 0) is 7.05 Å². The van der Waals surface area contributed by atoms with Crippen LogP contribution in [0.1, 0.15) is 6.92 Å². The van der Waals surface area contributed by atoms with E-state index >= 15 is 0 Å². The van der Waals surface area contributed by atoms with E-state index in [1.807, 2.05) is 0 Å². The molecule has 1 heterocycles. The van der Waals surface area contributed by atoms with E-state index in [9.17, 15) is 15.0 Å². The molecule has 0 spiro atoms. The minimum atomic E-state index is -0.973. The molecule has 0 aliphatic carbocycles. The van der Waals surface area contributed by atoms with Crippen LogP contribution in [0.5, 0.6) is 0 Å². The lowest BCUT2D eigenvalue weighted by Crippen LogP contribution is -2.44. The van der Waals surface area contributed by atoms with E-state index in [4.69, 9.17) is 5.11 Å². The topological polar surface area (TPSA) is 93.0 Å². The molecule has 4 atom stereocenters. The number of hydrogen-bond acceptors (Lipinski definition) is 5. The van der Waals surface area contributed by atoms with Crippen LogP contribution in [0.15, 0.2) is 0 Å². The maximum atomic E-state index is 10.7. The van der Waals surface area contributed by atoms with Crippen LogP contribution in [-0.2, 0) is 4.79 Å². The molecular weight excluding hydrogens is 200 g/mol. The first-order valence-corrected chi connectivity index (χ1v) is 4.92. The van der Waals surface area contributed by atoms with Gasteiger partial charge in [-0.15, -0.1) is 0 Å². The third kappa shape index (κ3) is 2.46. The van der Waals surface area contributed by atoms with Gasteiger partial charge in [0, 0.05) is 13.5 Å². The molecule has 1 amide bonds. The van der Waals surface area contributed by atoms with Crippen LogP contribution in [0.2, 0.25) is 0 Å². The molecule has 6 nitrogen and oxygen atoms in total. The summed E-state index contributed by atoms with van der Waals surface area (Å²) in [5, 5.41) is 30.9. The number of likely N-dealkylation sites (tertiary alicyclic amines) is 1. The predicted molar refractivity (Wildman–Crippen MR) is 53.1 cm³/mol. The fourth-order valence-corrected chi connectivity index (χ4v) is 1.93. The van der Waals surface area contributed by atoms with Gasteiger partial charge in [0.2, 0.25) is 5.91 Å². The molecule has 0 aromatic rings. The van der Waals surface area contributed by atoms with E-state index in [0.29, 0.717) is 0 Å². The third-order valence-corrected chi connectivity index (χ3v) is 2.93. The van der Waals surface area contributed by atoms with Crippen LogP contribution in [-0.4, -0.2) is 70.6 Å².